The van der Waals surface area contributed by atoms with Crippen molar-refractivity contribution in [3.63, 3.8) is 0 Å². The Morgan fingerprint density at radius 1 is 1.50 bits per heavy atom. The Morgan fingerprint density at radius 3 is 3.06 bits per heavy atom. The van der Waals surface area contributed by atoms with E-state index in [1.807, 2.05) is 6.20 Å². The Bertz CT molecular complexity index is 378. The Kier molecular flexibility index (Phi) is 4.53. The smallest absolute Gasteiger partial charge is 0.136 e. The summed E-state index contributed by atoms with van der Waals surface area (Å²) in [4.78, 5) is 11.1. The molecule has 0 bridgehead atoms. The highest BCUT2D eigenvalue weighted by molar-refractivity contribution is 5.45. The largest absolute Gasteiger partial charge is 0.356 e. The van der Waals surface area contributed by atoms with E-state index in [2.05, 4.69) is 41.0 Å². The highest BCUT2D eigenvalue weighted by Crippen LogP contribution is 2.23. The molecule has 4 heteroatoms. The predicted octanol–water partition coefficient (Wildman–Crippen LogP) is 2.21. The molecule has 2 heterocycles. The SMILES string of the molecule is CC1CCCN(c2ncncc2CNC(C)C)C1. The molecule has 0 amide bonds. The number of hydrogen-bond acceptors (Lipinski definition) is 4. The van der Waals surface area contributed by atoms with Gasteiger partial charge in [0.15, 0.2) is 0 Å². The summed E-state index contributed by atoms with van der Waals surface area (Å²) in [7, 11) is 0. The maximum Gasteiger partial charge on any atom is 0.136 e. The van der Waals surface area contributed by atoms with Crippen molar-refractivity contribution in [1.29, 1.82) is 0 Å². The molecular weight excluding hydrogens is 224 g/mol. The molecule has 2 rings (SSSR count). The van der Waals surface area contributed by atoms with Gasteiger partial charge in [-0.25, -0.2) is 9.97 Å². The fraction of sp³-hybridized carbons (Fsp3) is 0.714. The molecule has 0 spiro atoms. The van der Waals surface area contributed by atoms with Crippen LogP contribution in [0.25, 0.3) is 0 Å². The van der Waals surface area contributed by atoms with Gasteiger partial charge in [0.05, 0.1) is 0 Å². The standard InChI is InChI=1S/C14H24N4/c1-11(2)16-8-13-7-15-10-17-14(13)18-6-4-5-12(3)9-18/h7,10-12,16H,4-6,8-9H2,1-3H3. The van der Waals surface area contributed by atoms with E-state index in [4.69, 9.17) is 0 Å². The van der Waals surface area contributed by atoms with Crippen LogP contribution in [-0.4, -0.2) is 29.1 Å². The van der Waals surface area contributed by atoms with Gasteiger partial charge in [-0.3, -0.25) is 0 Å². The van der Waals surface area contributed by atoms with Crippen LogP contribution in [-0.2, 0) is 6.54 Å². The van der Waals surface area contributed by atoms with Gasteiger partial charge in [0.2, 0.25) is 0 Å². The van der Waals surface area contributed by atoms with Crippen molar-refractivity contribution < 1.29 is 0 Å². The lowest BCUT2D eigenvalue weighted by molar-refractivity contribution is 0.443. The normalized spacial score (nSPS) is 20.4. The third-order valence-corrected chi connectivity index (χ3v) is 3.42. The first kappa shape index (κ1) is 13.3. The van der Waals surface area contributed by atoms with Gasteiger partial charge >= 0.3 is 0 Å². The van der Waals surface area contributed by atoms with E-state index < -0.39 is 0 Å². The number of piperidine rings is 1. The van der Waals surface area contributed by atoms with Crippen LogP contribution in [0.3, 0.4) is 0 Å². The van der Waals surface area contributed by atoms with E-state index in [0.29, 0.717) is 6.04 Å². The van der Waals surface area contributed by atoms with Crippen LogP contribution in [0.5, 0.6) is 0 Å². The van der Waals surface area contributed by atoms with Gasteiger partial charge in [-0.1, -0.05) is 20.8 Å². The maximum atomic E-state index is 4.49. The first-order valence-electron chi connectivity index (χ1n) is 6.94. The Hall–Kier alpha value is -1.16. The molecule has 1 fully saturated rings. The van der Waals surface area contributed by atoms with Crippen molar-refractivity contribution >= 4 is 5.82 Å². The molecule has 1 aliphatic heterocycles. The van der Waals surface area contributed by atoms with E-state index in [0.717, 1.165) is 31.4 Å². The Morgan fingerprint density at radius 2 is 2.33 bits per heavy atom. The van der Waals surface area contributed by atoms with Crippen LogP contribution in [0.2, 0.25) is 0 Å². The summed E-state index contributed by atoms with van der Waals surface area (Å²) in [6, 6.07) is 0.485. The quantitative estimate of drug-likeness (QED) is 0.887. The second-order valence-corrected chi connectivity index (χ2v) is 5.60. The monoisotopic (exact) mass is 248 g/mol. The first-order valence-corrected chi connectivity index (χ1v) is 6.94. The lowest BCUT2D eigenvalue weighted by atomic mass is 10.00. The lowest BCUT2D eigenvalue weighted by Gasteiger charge is -2.33. The molecule has 1 aliphatic rings. The predicted molar refractivity (Wildman–Crippen MR) is 74.6 cm³/mol. The molecule has 4 nitrogen and oxygen atoms in total. The fourth-order valence-corrected chi connectivity index (χ4v) is 2.46. The van der Waals surface area contributed by atoms with Gasteiger partial charge in [-0.05, 0) is 18.8 Å². The summed E-state index contributed by atoms with van der Waals surface area (Å²) in [5.74, 6) is 1.88. The highest BCUT2D eigenvalue weighted by atomic mass is 15.2. The topological polar surface area (TPSA) is 41.1 Å². The molecule has 0 radical (unpaired) electrons. The van der Waals surface area contributed by atoms with E-state index in [1.54, 1.807) is 6.33 Å². The summed E-state index contributed by atoms with van der Waals surface area (Å²) in [5, 5.41) is 3.45. The molecule has 0 aromatic carbocycles. The molecule has 1 N–H and O–H groups in total. The lowest BCUT2D eigenvalue weighted by Crippen LogP contribution is -2.36. The van der Waals surface area contributed by atoms with E-state index in [1.165, 1.54) is 18.4 Å². The number of aromatic nitrogens is 2. The summed E-state index contributed by atoms with van der Waals surface area (Å²) in [6.45, 7) is 9.72. The van der Waals surface area contributed by atoms with Gasteiger partial charge < -0.3 is 10.2 Å². The van der Waals surface area contributed by atoms with Crippen LogP contribution < -0.4 is 10.2 Å². The number of anilines is 1. The van der Waals surface area contributed by atoms with E-state index in [9.17, 15) is 0 Å². The van der Waals surface area contributed by atoms with Gasteiger partial charge in [0.25, 0.3) is 0 Å². The van der Waals surface area contributed by atoms with E-state index in [-0.39, 0.29) is 0 Å². The van der Waals surface area contributed by atoms with Crippen molar-refractivity contribution in [3.05, 3.63) is 18.1 Å². The molecule has 18 heavy (non-hydrogen) atoms. The maximum absolute atomic E-state index is 4.49. The van der Waals surface area contributed by atoms with Crippen molar-refractivity contribution in [2.24, 2.45) is 5.92 Å². The minimum Gasteiger partial charge on any atom is -0.356 e. The summed E-state index contributed by atoms with van der Waals surface area (Å²) >= 11 is 0. The van der Waals surface area contributed by atoms with Gasteiger partial charge in [-0.15, -0.1) is 0 Å². The molecule has 100 valence electrons. The van der Waals surface area contributed by atoms with Crippen molar-refractivity contribution in [3.8, 4) is 0 Å². The second kappa shape index (κ2) is 6.14. The molecular formula is C14H24N4. The zero-order chi connectivity index (χ0) is 13.0. The van der Waals surface area contributed by atoms with Gasteiger partial charge in [0, 0.05) is 37.4 Å². The van der Waals surface area contributed by atoms with Crippen molar-refractivity contribution in [1.82, 2.24) is 15.3 Å². The third kappa shape index (κ3) is 3.42. The van der Waals surface area contributed by atoms with Crippen molar-refractivity contribution in [2.45, 2.75) is 46.2 Å². The van der Waals surface area contributed by atoms with Gasteiger partial charge in [0.1, 0.15) is 12.1 Å². The zero-order valence-electron chi connectivity index (χ0n) is 11.7. The highest BCUT2D eigenvalue weighted by Gasteiger charge is 2.19. The minimum absolute atomic E-state index is 0.485. The molecule has 0 saturated carbocycles. The molecule has 1 aromatic rings. The summed E-state index contributed by atoms with van der Waals surface area (Å²) in [5.41, 5.74) is 1.21. The van der Waals surface area contributed by atoms with Crippen LogP contribution in [0.4, 0.5) is 5.82 Å². The Balaban J connectivity index is 2.10. The molecule has 1 unspecified atom stereocenters. The van der Waals surface area contributed by atoms with Crippen molar-refractivity contribution in [2.75, 3.05) is 18.0 Å². The van der Waals surface area contributed by atoms with Crippen LogP contribution in [0, 0.1) is 5.92 Å². The molecule has 1 saturated heterocycles. The van der Waals surface area contributed by atoms with Crippen LogP contribution >= 0.6 is 0 Å². The number of nitrogens with one attached hydrogen (secondary N) is 1. The first-order chi connectivity index (χ1) is 8.66. The van der Waals surface area contributed by atoms with Crippen LogP contribution in [0.15, 0.2) is 12.5 Å². The molecule has 1 atom stereocenters. The minimum atomic E-state index is 0.485. The molecule has 1 aromatic heterocycles. The second-order valence-electron chi connectivity index (χ2n) is 5.60. The summed E-state index contributed by atoms with van der Waals surface area (Å²) < 4.78 is 0. The fourth-order valence-electron chi connectivity index (χ4n) is 2.46. The summed E-state index contributed by atoms with van der Waals surface area (Å²) in [6.07, 6.45) is 6.20. The number of rotatable bonds is 4. The number of hydrogen-bond donors (Lipinski definition) is 1. The third-order valence-electron chi connectivity index (χ3n) is 3.42. The van der Waals surface area contributed by atoms with Crippen LogP contribution in [0.1, 0.15) is 39.2 Å². The Labute approximate surface area is 110 Å². The molecule has 0 aliphatic carbocycles. The zero-order valence-corrected chi connectivity index (χ0v) is 11.7. The van der Waals surface area contributed by atoms with E-state index >= 15 is 0 Å². The average Bonchev–Trinajstić information content (AvgIpc) is 2.36. The average molecular weight is 248 g/mol. The van der Waals surface area contributed by atoms with Gasteiger partial charge in [-0.2, -0.15) is 0 Å². The number of nitrogens with zero attached hydrogens (tertiary/aromatic N) is 3.